The fourth-order valence-corrected chi connectivity index (χ4v) is 9.01. The van der Waals surface area contributed by atoms with E-state index in [1.807, 2.05) is 11.3 Å². The van der Waals surface area contributed by atoms with E-state index < -0.39 is 0 Å². The van der Waals surface area contributed by atoms with Crippen molar-refractivity contribution in [3.63, 3.8) is 0 Å². The van der Waals surface area contributed by atoms with Crippen LogP contribution in [0.15, 0.2) is 108 Å². The molecule has 0 fully saturated rings. The van der Waals surface area contributed by atoms with E-state index >= 15 is 0 Å². The summed E-state index contributed by atoms with van der Waals surface area (Å²) >= 11 is 2.01. The van der Waals surface area contributed by atoms with Gasteiger partial charge in [-0.15, -0.1) is 11.3 Å². The maximum absolute atomic E-state index is 3.94. The molecular weight excluding hydrogens is 527 g/mol. The zero-order valence-electron chi connectivity index (χ0n) is 24.0. The Labute approximate surface area is 249 Å². The van der Waals surface area contributed by atoms with Crippen LogP contribution in [0.3, 0.4) is 0 Å². The molecule has 202 valence electrons. The first-order chi connectivity index (χ1) is 20.7. The molecule has 2 heteroatoms. The molecule has 1 N–H and O–H groups in total. The number of fused-ring (bicyclic) bond motifs is 12. The Morgan fingerprint density at radius 1 is 0.595 bits per heavy atom. The van der Waals surface area contributed by atoms with Crippen LogP contribution in [0.25, 0.3) is 65.1 Å². The van der Waals surface area contributed by atoms with Gasteiger partial charge in [-0.05, 0) is 101 Å². The summed E-state index contributed by atoms with van der Waals surface area (Å²) in [6.45, 7) is 4.54. The Bertz CT molecular complexity index is 2370. The molecule has 2 aromatic heterocycles. The van der Waals surface area contributed by atoms with E-state index in [9.17, 15) is 0 Å². The maximum atomic E-state index is 3.94. The zero-order chi connectivity index (χ0) is 27.9. The third kappa shape index (κ3) is 3.42. The van der Waals surface area contributed by atoms with Crippen molar-refractivity contribution in [2.75, 3.05) is 0 Å². The van der Waals surface area contributed by atoms with Crippen LogP contribution in [-0.2, 0) is 6.42 Å². The Balaban J connectivity index is 1.27. The van der Waals surface area contributed by atoms with Gasteiger partial charge in [-0.1, -0.05) is 91.0 Å². The highest BCUT2D eigenvalue weighted by molar-refractivity contribution is 7.20. The number of nitrogens with one attached hydrogen (secondary N) is 1. The lowest BCUT2D eigenvalue weighted by Crippen LogP contribution is -2.04. The highest BCUT2D eigenvalue weighted by Crippen LogP contribution is 2.49. The van der Waals surface area contributed by atoms with Gasteiger partial charge in [0.25, 0.3) is 0 Å². The highest BCUT2D eigenvalue weighted by atomic mass is 32.1. The molecule has 0 amide bonds. The molecule has 42 heavy (non-hydrogen) atoms. The predicted molar refractivity (Wildman–Crippen MR) is 184 cm³/mol. The van der Waals surface area contributed by atoms with E-state index in [2.05, 4.69) is 116 Å². The molecule has 9 rings (SSSR count). The highest BCUT2D eigenvalue weighted by Gasteiger charge is 2.25. The molecule has 0 unspecified atom stereocenters. The second-order valence-electron chi connectivity index (χ2n) is 12.1. The number of aryl methyl sites for hydroxylation is 2. The van der Waals surface area contributed by atoms with E-state index in [4.69, 9.17) is 0 Å². The molecule has 0 bridgehead atoms. The molecule has 0 saturated carbocycles. The smallest absolute Gasteiger partial charge is 0.0653 e. The summed E-state index contributed by atoms with van der Waals surface area (Å²) in [7, 11) is 0. The number of H-pyrrole nitrogens is 1. The van der Waals surface area contributed by atoms with Crippen molar-refractivity contribution in [3.05, 3.63) is 129 Å². The molecule has 7 aromatic rings. The van der Waals surface area contributed by atoms with Crippen molar-refractivity contribution in [1.82, 2.24) is 4.98 Å². The average Bonchev–Trinajstić information content (AvgIpc) is 3.61. The number of allylic oxidation sites excluding steroid dienone is 5. The largest absolute Gasteiger partial charge is 0.353 e. The number of hydrogen-bond donors (Lipinski definition) is 1. The van der Waals surface area contributed by atoms with Gasteiger partial charge >= 0.3 is 0 Å². The van der Waals surface area contributed by atoms with Crippen molar-refractivity contribution in [2.24, 2.45) is 0 Å². The van der Waals surface area contributed by atoms with Gasteiger partial charge in [-0.2, -0.15) is 0 Å². The van der Waals surface area contributed by atoms with Gasteiger partial charge in [0.05, 0.1) is 15.7 Å². The summed E-state index contributed by atoms with van der Waals surface area (Å²) < 4.78 is 1.40. The summed E-state index contributed by atoms with van der Waals surface area (Å²) in [5.41, 5.74) is 12.8. The lowest BCUT2D eigenvalue weighted by Gasteiger charge is -2.23. The third-order valence-corrected chi connectivity index (χ3v) is 11.0. The lowest BCUT2D eigenvalue weighted by atomic mass is 9.81. The van der Waals surface area contributed by atoms with Crippen LogP contribution >= 0.6 is 11.3 Å². The molecule has 5 aromatic carbocycles. The number of aromatic nitrogens is 1. The summed E-state index contributed by atoms with van der Waals surface area (Å²) in [5.74, 6) is 0. The molecule has 0 aliphatic heterocycles. The quantitative estimate of drug-likeness (QED) is 0.218. The minimum Gasteiger partial charge on any atom is -0.353 e. The van der Waals surface area contributed by atoms with Crippen molar-refractivity contribution in [2.45, 2.75) is 39.5 Å². The minimum atomic E-state index is 1.11. The maximum Gasteiger partial charge on any atom is 0.0653 e. The number of rotatable bonds is 2. The number of benzene rings is 5. The SMILES string of the molecule is CC1=C(c2ccccc2C)CCC(C2=Cc3c(sc4c5[nH]c6c7ccccc7ccc6c5c5ccccc5c34)CC2)=C1. The van der Waals surface area contributed by atoms with Crippen LogP contribution in [0.4, 0.5) is 0 Å². The topological polar surface area (TPSA) is 15.8 Å². The molecule has 2 heterocycles. The standard InChI is InChI=1S/C40H31NS/c1-23-9-3-5-11-28(23)29-18-16-26(21-24(29)2)27-17-20-35-34(22-27)37-32-14-8-7-13-31(32)36-33-19-15-25-10-4-6-12-30(25)38(33)41-39(36)40(37)42-35/h3-15,19,21-22,41H,16-18,20H2,1-2H3. The fourth-order valence-electron chi connectivity index (χ4n) is 7.72. The van der Waals surface area contributed by atoms with Gasteiger partial charge in [0.2, 0.25) is 0 Å². The number of thiophene rings is 1. The van der Waals surface area contributed by atoms with Crippen LogP contribution in [-0.4, -0.2) is 4.98 Å². The van der Waals surface area contributed by atoms with E-state index in [0.717, 1.165) is 25.7 Å². The molecule has 2 aliphatic rings. The monoisotopic (exact) mass is 557 g/mol. The second kappa shape index (κ2) is 9.05. The average molecular weight is 558 g/mol. The first kappa shape index (κ1) is 24.2. The van der Waals surface area contributed by atoms with Crippen molar-refractivity contribution in [3.8, 4) is 0 Å². The first-order valence-electron chi connectivity index (χ1n) is 15.1. The van der Waals surface area contributed by atoms with E-state index in [1.165, 1.54) is 97.3 Å². The Hall–Kier alpha value is -4.40. The van der Waals surface area contributed by atoms with Gasteiger partial charge in [0.15, 0.2) is 0 Å². The van der Waals surface area contributed by atoms with E-state index in [1.54, 1.807) is 0 Å². The van der Waals surface area contributed by atoms with Gasteiger partial charge in [0.1, 0.15) is 0 Å². The van der Waals surface area contributed by atoms with Crippen LogP contribution < -0.4 is 0 Å². The predicted octanol–water partition coefficient (Wildman–Crippen LogP) is 11.7. The zero-order valence-corrected chi connectivity index (χ0v) is 24.8. The summed E-state index contributed by atoms with van der Waals surface area (Å²) in [6, 6.07) is 31.2. The van der Waals surface area contributed by atoms with Gasteiger partial charge in [0, 0.05) is 26.4 Å². The van der Waals surface area contributed by atoms with Crippen molar-refractivity contribution in [1.29, 1.82) is 0 Å². The van der Waals surface area contributed by atoms with Crippen LogP contribution in [0, 0.1) is 6.92 Å². The number of aromatic amines is 1. The van der Waals surface area contributed by atoms with Gasteiger partial charge < -0.3 is 4.98 Å². The normalized spacial score (nSPS) is 15.7. The number of hydrogen-bond acceptors (Lipinski definition) is 1. The first-order valence-corrected chi connectivity index (χ1v) is 15.9. The van der Waals surface area contributed by atoms with E-state index in [-0.39, 0.29) is 0 Å². The fraction of sp³-hybridized carbons (Fsp3) is 0.150. The Morgan fingerprint density at radius 3 is 2.14 bits per heavy atom. The molecule has 2 aliphatic carbocycles. The molecule has 0 spiro atoms. The summed E-state index contributed by atoms with van der Waals surface area (Å²) in [4.78, 5) is 5.47. The molecule has 1 nitrogen and oxygen atoms in total. The third-order valence-electron chi connectivity index (χ3n) is 9.75. The van der Waals surface area contributed by atoms with E-state index in [0.29, 0.717) is 0 Å². The van der Waals surface area contributed by atoms with Gasteiger partial charge in [-0.3, -0.25) is 0 Å². The Kier molecular flexibility index (Phi) is 5.22. The molecule has 0 radical (unpaired) electrons. The van der Waals surface area contributed by atoms with Crippen LogP contribution in [0.5, 0.6) is 0 Å². The molecular formula is C40H31NS. The lowest BCUT2D eigenvalue weighted by molar-refractivity contribution is 0.895. The molecule has 0 saturated heterocycles. The van der Waals surface area contributed by atoms with Crippen molar-refractivity contribution >= 4 is 76.4 Å². The summed E-state index contributed by atoms with van der Waals surface area (Å²) in [6.07, 6.45) is 9.50. The molecule has 0 atom stereocenters. The van der Waals surface area contributed by atoms with Crippen LogP contribution in [0.2, 0.25) is 0 Å². The second-order valence-corrected chi connectivity index (χ2v) is 13.2. The van der Waals surface area contributed by atoms with Crippen molar-refractivity contribution < 1.29 is 0 Å². The van der Waals surface area contributed by atoms with Gasteiger partial charge in [-0.25, -0.2) is 0 Å². The van der Waals surface area contributed by atoms with Crippen LogP contribution in [0.1, 0.15) is 47.8 Å². The Morgan fingerprint density at radius 2 is 1.31 bits per heavy atom. The minimum absolute atomic E-state index is 1.11. The summed E-state index contributed by atoms with van der Waals surface area (Å²) in [5, 5.41) is 9.41.